The Kier molecular flexibility index (Phi) is 7.56. The second-order valence-electron chi connectivity index (χ2n) is 7.88. The SMILES string of the molecule is CCN(CC)C1CCN(C(=NC)NCC2CCCN(C)C2c2cccs2)C1. The van der Waals surface area contributed by atoms with E-state index in [1.54, 1.807) is 0 Å². The van der Waals surface area contributed by atoms with Crippen LogP contribution < -0.4 is 5.32 Å². The number of aliphatic imine (C=N–C) groups is 1. The quantitative estimate of drug-likeness (QED) is 0.597. The maximum Gasteiger partial charge on any atom is 0.193 e. The summed E-state index contributed by atoms with van der Waals surface area (Å²) in [5.41, 5.74) is 0. The lowest BCUT2D eigenvalue weighted by Crippen LogP contribution is -2.47. The van der Waals surface area contributed by atoms with E-state index in [0.29, 0.717) is 18.0 Å². The summed E-state index contributed by atoms with van der Waals surface area (Å²) in [5.74, 6) is 1.73. The van der Waals surface area contributed by atoms with Crippen LogP contribution in [0.25, 0.3) is 0 Å². The molecule has 5 nitrogen and oxygen atoms in total. The van der Waals surface area contributed by atoms with Crippen molar-refractivity contribution in [1.82, 2.24) is 20.0 Å². The van der Waals surface area contributed by atoms with Gasteiger partial charge in [0.1, 0.15) is 0 Å². The van der Waals surface area contributed by atoms with E-state index in [1.165, 1.54) is 30.7 Å². The molecule has 0 radical (unpaired) electrons. The van der Waals surface area contributed by atoms with Crippen LogP contribution >= 0.6 is 11.3 Å². The maximum atomic E-state index is 4.61. The number of rotatable bonds is 6. The van der Waals surface area contributed by atoms with Gasteiger partial charge in [0.15, 0.2) is 5.96 Å². The Morgan fingerprint density at radius 1 is 1.30 bits per heavy atom. The molecule has 3 unspecified atom stereocenters. The average molecular weight is 392 g/mol. The Morgan fingerprint density at radius 3 is 2.78 bits per heavy atom. The molecule has 3 heterocycles. The summed E-state index contributed by atoms with van der Waals surface area (Å²) in [7, 11) is 4.21. The standard InChI is InChI=1S/C21H37N5S/c1-5-25(6-2)18-11-13-26(16-18)21(22-3)23-15-17-9-7-12-24(4)20(17)19-10-8-14-27-19/h8,10,14,17-18,20H,5-7,9,11-13,15-16H2,1-4H3,(H,22,23). The second kappa shape index (κ2) is 9.89. The van der Waals surface area contributed by atoms with Crippen molar-refractivity contribution >= 4 is 17.3 Å². The van der Waals surface area contributed by atoms with Crippen LogP contribution in [0.4, 0.5) is 0 Å². The molecule has 152 valence electrons. The van der Waals surface area contributed by atoms with Crippen LogP contribution in [0.15, 0.2) is 22.5 Å². The fourth-order valence-electron chi connectivity index (χ4n) is 4.91. The van der Waals surface area contributed by atoms with E-state index in [0.717, 1.165) is 38.7 Å². The number of hydrogen-bond acceptors (Lipinski definition) is 4. The molecular weight excluding hydrogens is 354 g/mol. The molecule has 2 fully saturated rings. The molecule has 2 saturated heterocycles. The highest BCUT2D eigenvalue weighted by Crippen LogP contribution is 2.36. The van der Waals surface area contributed by atoms with E-state index < -0.39 is 0 Å². The predicted octanol–water partition coefficient (Wildman–Crippen LogP) is 3.12. The molecule has 0 amide bonds. The summed E-state index contributed by atoms with van der Waals surface area (Å²) in [6.07, 6.45) is 3.82. The monoisotopic (exact) mass is 391 g/mol. The predicted molar refractivity (Wildman–Crippen MR) is 117 cm³/mol. The minimum absolute atomic E-state index is 0.534. The van der Waals surface area contributed by atoms with Crippen molar-refractivity contribution in [2.24, 2.45) is 10.9 Å². The van der Waals surface area contributed by atoms with Crippen molar-refractivity contribution in [2.45, 2.75) is 45.2 Å². The number of thiophene rings is 1. The number of piperidine rings is 1. The molecule has 1 aromatic rings. The molecule has 27 heavy (non-hydrogen) atoms. The van der Waals surface area contributed by atoms with Crippen molar-refractivity contribution in [2.75, 3.05) is 53.4 Å². The average Bonchev–Trinajstić information content (AvgIpc) is 3.36. The van der Waals surface area contributed by atoms with Gasteiger partial charge in [0.25, 0.3) is 0 Å². The van der Waals surface area contributed by atoms with Gasteiger partial charge in [0.05, 0.1) is 0 Å². The van der Waals surface area contributed by atoms with Crippen LogP contribution in [0, 0.1) is 5.92 Å². The zero-order valence-electron chi connectivity index (χ0n) is 17.5. The number of hydrogen-bond donors (Lipinski definition) is 1. The summed E-state index contributed by atoms with van der Waals surface area (Å²) in [6, 6.07) is 5.68. The Morgan fingerprint density at radius 2 is 2.11 bits per heavy atom. The molecule has 6 heteroatoms. The van der Waals surface area contributed by atoms with E-state index in [2.05, 4.69) is 63.4 Å². The first-order valence-electron chi connectivity index (χ1n) is 10.6. The molecule has 3 atom stereocenters. The van der Waals surface area contributed by atoms with Gasteiger partial charge in [-0.15, -0.1) is 11.3 Å². The van der Waals surface area contributed by atoms with Crippen molar-refractivity contribution < 1.29 is 0 Å². The van der Waals surface area contributed by atoms with Gasteiger partial charge in [-0.3, -0.25) is 14.8 Å². The van der Waals surface area contributed by atoms with E-state index in [9.17, 15) is 0 Å². The molecule has 0 aliphatic carbocycles. The highest BCUT2D eigenvalue weighted by atomic mass is 32.1. The van der Waals surface area contributed by atoms with Crippen LogP contribution in [0.2, 0.25) is 0 Å². The zero-order chi connectivity index (χ0) is 19.2. The van der Waals surface area contributed by atoms with Crippen LogP contribution in [0.1, 0.15) is 44.0 Å². The fraction of sp³-hybridized carbons (Fsp3) is 0.762. The van der Waals surface area contributed by atoms with Gasteiger partial charge < -0.3 is 10.2 Å². The maximum absolute atomic E-state index is 4.61. The smallest absolute Gasteiger partial charge is 0.193 e. The molecular formula is C21H37N5S. The molecule has 1 aromatic heterocycles. The lowest BCUT2D eigenvalue weighted by molar-refractivity contribution is 0.124. The summed E-state index contributed by atoms with van der Waals surface area (Å²) in [4.78, 5) is 13.7. The third-order valence-corrected chi connectivity index (χ3v) is 7.31. The van der Waals surface area contributed by atoms with E-state index in [1.807, 2.05) is 18.4 Å². The van der Waals surface area contributed by atoms with E-state index in [4.69, 9.17) is 0 Å². The van der Waals surface area contributed by atoms with Gasteiger partial charge in [0, 0.05) is 43.6 Å². The topological polar surface area (TPSA) is 34.1 Å². The van der Waals surface area contributed by atoms with E-state index >= 15 is 0 Å². The summed E-state index contributed by atoms with van der Waals surface area (Å²) >= 11 is 1.90. The normalized spacial score (nSPS) is 27.5. The molecule has 2 aliphatic rings. The number of guanidine groups is 1. The highest BCUT2D eigenvalue weighted by Gasteiger charge is 2.32. The van der Waals surface area contributed by atoms with Gasteiger partial charge in [-0.2, -0.15) is 0 Å². The Bertz CT molecular complexity index is 583. The van der Waals surface area contributed by atoms with Gasteiger partial charge in [-0.1, -0.05) is 19.9 Å². The van der Waals surface area contributed by atoms with Gasteiger partial charge in [-0.25, -0.2) is 0 Å². The van der Waals surface area contributed by atoms with Crippen LogP contribution in [0.5, 0.6) is 0 Å². The third kappa shape index (κ3) is 4.84. The number of nitrogens with zero attached hydrogens (tertiary/aromatic N) is 4. The minimum atomic E-state index is 0.534. The van der Waals surface area contributed by atoms with Gasteiger partial charge >= 0.3 is 0 Å². The number of nitrogens with one attached hydrogen (secondary N) is 1. The first-order valence-corrected chi connectivity index (χ1v) is 11.5. The molecule has 0 aromatic carbocycles. The third-order valence-electron chi connectivity index (χ3n) is 6.37. The molecule has 3 rings (SSSR count). The molecule has 2 aliphatic heterocycles. The lowest BCUT2D eigenvalue weighted by Gasteiger charge is -2.39. The largest absolute Gasteiger partial charge is 0.356 e. The van der Waals surface area contributed by atoms with Crippen molar-refractivity contribution in [3.05, 3.63) is 22.4 Å². The van der Waals surface area contributed by atoms with Gasteiger partial charge in [0.2, 0.25) is 0 Å². The van der Waals surface area contributed by atoms with Crippen molar-refractivity contribution in [3.8, 4) is 0 Å². The second-order valence-corrected chi connectivity index (χ2v) is 8.86. The Balaban J connectivity index is 1.59. The first-order chi connectivity index (χ1) is 13.2. The number of likely N-dealkylation sites (N-methyl/N-ethyl adjacent to an activating group) is 1. The minimum Gasteiger partial charge on any atom is -0.356 e. The van der Waals surface area contributed by atoms with Crippen molar-refractivity contribution in [1.29, 1.82) is 0 Å². The summed E-state index contributed by atoms with van der Waals surface area (Å²) < 4.78 is 0. The van der Waals surface area contributed by atoms with Crippen molar-refractivity contribution in [3.63, 3.8) is 0 Å². The molecule has 0 bridgehead atoms. The Labute approximate surface area is 169 Å². The fourth-order valence-corrected chi connectivity index (χ4v) is 5.89. The highest BCUT2D eigenvalue weighted by molar-refractivity contribution is 7.10. The van der Waals surface area contributed by atoms with Crippen LogP contribution in [-0.4, -0.2) is 80.1 Å². The van der Waals surface area contributed by atoms with E-state index in [-0.39, 0.29) is 0 Å². The lowest BCUT2D eigenvalue weighted by atomic mass is 9.88. The molecule has 0 saturated carbocycles. The van der Waals surface area contributed by atoms with Crippen LogP contribution in [-0.2, 0) is 0 Å². The van der Waals surface area contributed by atoms with Crippen LogP contribution in [0.3, 0.4) is 0 Å². The van der Waals surface area contributed by atoms with Gasteiger partial charge in [-0.05, 0) is 63.3 Å². The molecule has 0 spiro atoms. The zero-order valence-corrected chi connectivity index (χ0v) is 18.3. The Hall–Kier alpha value is -1.11. The molecule has 1 N–H and O–H groups in total. The summed E-state index contributed by atoms with van der Waals surface area (Å²) in [5, 5.41) is 5.93. The first kappa shape index (κ1) is 20.6. The number of likely N-dealkylation sites (tertiary alicyclic amines) is 2. The summed E-state index contributed by atoms with van der Waals surface area (Å²) in [6.45, 7) is 11.2.